The van der Waals surface area contributed by atoms with Crippen molar-refractivity contribution in [2.75, 3.05) is 54.9 Å². The van der Waals surface area contributed by atoms with Gasteiger partial charge in [-0.25, -0.2) is 0 Å². The van der Waals surface area contributed by atoms with E-state index >= 15 is 0 Å². The Morgan fingerprint density at radius 3 is 2.45 bits per heavy atom. The van der Waals surface area contributed by atoms with E-state index in [9.17, 15) is 14.7 Å². The molecule has 2 aliphatic heterocycles. The number of amides is 1. The Balaban J connectivity index is 1.17. The van der Waals surface area contributed by atoms with Crippen LogP contribution in [-0.2, 0) is 20.1 Å². The van der Waals surface area contributed by atoms with Crippen LogP contribution in [0.15, 0.2) is 65.6 Å². The molecule has 4 heterocycles. The highest BCUT2D eigenvalue weighted by Gasteiger charge is 2.30. The van der Waals surface area contributed by atoms with Crippen LogP contribution < -0.4 is 20.7 Å². The lowest BCUT2D eigenvalue weighted by atomic mass is 9.93. The zero-order chi connectivity index (χ0) is 30.4. The van der Waals surface area contributed by atoms with Crippen LogP contribution in [0.2, 0.25) is 0 Å². The molecule has 0 bridgehead atoms. The van der Waals surface area contributed by atoms with Gasteiger partial charge in [-0.1, -0.05) is 24.3 Å². The number of pyridine rings is 1. The number of aliphatic hydroxyl groups excluding tert-OH is 1. The SMILES string of the molecule is CN1CCN(c2ccc(Nc3cc(-c4cccc(N5CCc6cc(C7CC7)ccc6C5=O)c4CO)cn(C)c3=O)nn2)CC1. The Morgan fingerprint density at radius 2 is 1.73 bits per heavy atom. The monoisotopic (exact) mass is 591 g/mol. The number of hydrogen-bond acceptors (Lipinski definition) is 8. The molecular weight excluding hydrogens is 554 g/mol. The normalized spacial score (nSPS) is 17.1. The van der Waals surface area contributed by atoms with E-state index in [4.69, 9.17) is 0 Å². The molecule has 0 unspecified atom stereocenters. The molecule has 4 aromatic rings. The molecule has 1 saturated heterocycles. The van der Waals surface area contributed by atoms with Crippen molar-refractivity contribution < 1.29 is 9.90 Å². The lowest BCUT2D eigenvalue weighted by Crippen LogP contribution is -2.44. The molecule has 0 spiro atoms. The summed E-state index contributed by atoms with van der Waals surface area (Å²) in [7, 11) is 3.81. The molecule has 1 amide bonds. The summed E-state index contributed by atoms with van der Waals surface area (Å²) in [6.07, 6.45) is 4.97. The second-order valence-electron chi connectivity index (χ2n) is 12.1. The Morgan fingerprint density at radius 1 is 0.909 bits per heavy atom. The summed E-state index contributed by atoms with van der Waals surface area (Å²) in [5.74, 6) is 1.87. The smallest absolute Gasteiger partial charge is 0.274 e. The third-order valence-corrected chi connectivity index (χ3v) is 9.09. The van der Waals surface area contributed by atoms with Crippen LogP contribution in [0.5, 0.6) is 0 Å². The summed E-state index contributed by atoms with van der Waals surface area (Å²) >= 11 is 0. The van der Waals surface area contributed by atoms with E-state index in [0.717, 1.165) is 60.7 Å². The van der Waals surface area contributed by atoms with Crippen molar-refractivity contribution in [1.82, 2.24) is 19.7 Å². The van der Waals surface area contributed by atoms with Gasteiger partial charge in [-0.05, 0) is 79.3 Å². The third-order valence-electron chi connectivity index (χ3n) is 9.09. The highest BCUT2D eigenvalue weighted by molar-refractivity contribution is 6.09. The zero-order valence-corrected chi connectivity index (χ0v) is 25.2. The number of aromatic nitrogens is 3. The maximum atomic E-state index is 13.7. The number of hydrogen-bond donors (Lipinski definition) is 2. The molecule has 10 nitrogen and oxygen atoms in total. The first-order valence-electron chi connectivity index (χ1n) is 15.3. The Labute approximate surface area is 256 Å². The van der Waals surface area contributed by atoms with Crippen molar-refractivity contribution in [3.8, 4) is 11.1 Å². The molecule has 0 atom stereocenters. The Kier molecular flexibility index (Phi) is 7.39. The van der Waals surface area contributed by atoms with Crippen molar-refractivity contribution >= 4 is 28.9 Å². The molecule has 2 aromatic carbocycles. The number of benzene rings is 2. The largest absolute Gasteiger partial charge is 0.392 e. The highest BCUT2D eigenvalue weighted by Crippen LogP contribution is 2.41. The first-order chi connectivity index (χ1) is 21.4. The van der Waals surface area contributed by atoms with Gasteiger partial charge < -0.3 is 29.7 Å². The lowest BCUT2D eigenvalue weighted by molar-refractivity contribution is 0.0980. The molecule has 7 rings (SSSR count). The number of fused-ring (bicyclic) bond motifs is 1. The predicted molar refractivity (Wildman–Crippen MR) is 172 cm³/mol. The van der Waals surface area contributed by atoms with Gasteiger partial charge in [-0.3, -0.25) is 9.59 Å². The number of carbonyl (C=O) groups is 1. The molecule has 3 aliphatic rings. The molecule has 1 saturated carbocycles. The van der Waals surface area contributed by atoms with Crippen molar-refractivity contribution in [1.29, 1.82) is 0 Å². The van der Waals surface area contributed by atoms with Crippen LogP contribution in [0.3, 0.4) is 0 Å². The van der Waals surface area contributed by atoms with E-state index in [1.54, 1.807) is 24.2 Å². The van der Waals surface area contributed by atoms with Crippen LogP contribution in [-0.4, -0.2) is 70.4 Å². The maximum Gasteiger partial charge on any atom is 0.274 e. The van der Waals surface area contributed by atoms with E-state index in [0.29, 0.717) is 35.2 Å². The molecular formula is C34H37N7O3. The van der Waals surface area contributed by atoms with E-state index < -0.39 is 0 Å². The van der Waals surface area contributed by atoms with Gasteiger partial charge in [-0.15, -0.1) is 10.2 Å². The van der Waals surface area contributed by atoms with Crippen LogP contribution in [0.25, 0.3) is 11.1 Å². The van der Waals surface area contributed by atoms with Crippen molar-refractivity contribution in [3.05, 3.63) is 93.4 Å². The van der Waals surface area contributed by atoms with Gasteiger partial charge in [0.15, 0.2) is 11.6 Å². The summed E-state index contributed by atoms with van der Waals surface area (Å²) in [5.41, 5.74) is 6.10. The third kappa shape index (κ3) is 5.35. The number of anilines is 4. The van der Waals surface area contributed by atoms with Crippen LogP contribution >= 0.6 is 0 Å². The number of nitrogens with zero attached hydrogens (tertiary/aromatic N) is 6. The molecule has 226 valence electrons. The number of carbonyl (C=O) groups excluding carboxylic acids is 1. The highest BCUT2D eigenvalue weighted by atomic mass is 16.3. The number of aryl methyl sites for hydroxylation is 1. The number of rotatable bonds is 7. The first-order valence-corrected chi connectivity index (χ1v) is 15.3. The van der Waals surface area contributed by atoms with Crippen molar-refractivity contribution in [2.24, 2.45) is 7.05 Å². The standard InChI is InChI=1S/C34H37N7O3/c1-38-14-16-40(17-15-38)32-11-10-31(36-37-32)35-29-19-25(20-39(2)34(29)44)26-4-3-5-30(28(26)21-42)41-13-12-24-18-23(22-6-7-22)8-9-27(24)33(41)43/h3-5,8-11,18-20,22,42H,6-7,12-17,21H2,1-2H3,(H,35,36). The number of piperazine rings is 1. The van der Waals surface area contributed by atoms with Gasteiger partial charge >= 0.3 is 0 Å². The molecule has 2 aromatic heterocycles. The topological polar surface area (TPSA) is 107 Å². The average Bonchev–Trinajstić information content (AvgIpc) is 3.90. The van der Waals surface area contributed by atoms with Gasteiger partial charge in [0.1, 0.15) is 5.69 Å². The zero-order valence-electron chi connectivity index (χ0n) is 25.2. The molecule has 0 radical (unpaired) electrons. The van der Waals surface area contributed by atoms with Crippen LogP contribution in [0, 0.1) is 0 Å². The molecule has 2 N–H and O–H groups in total. The lowest BCUT2D eigenvalue weighted by Gasteiger charge is -2.32. The quantitative estimate of drug-likeness (QED) is 0.333. The fourth-order valence-corrected chi connectivity index (χ4v) is 6.36. The molecule has 10 heteroatoms. The second-order valence-corrected chi connectivity index (χ2v) is 12.1. The number of likely N-dealkylation sites (N-methyl/N-ethyl adjacent to an activating group) is 1. The minimum absolute atomic E-state index is 0.0538. The fourth-order valence-electron chi connectivity index (χ4n) is 6.36. The van der Waals surface area contributed by atoms with Crippen molar-refractivity contribution in [2.45, 2.75) is 31.8 Å². The maximum absolute atomic E-state index is 13.7. The molecule has 44 heavy (non-hydrogen) atoms. The second kappa shape index (κ2) is 11.5. The minimum atomic E-state index is -0.256. The number of nitrogens with one attached hydrogen (secondary N) is 1. The Hall–Kier alpha value is -4.54. The van der Waals surface area contributed by atoms with Gasteiger partial charge in [0.05, 0.1) is 12.3 Å². The van der Waals surface area contributed by atoms with E-state index in [-0.39, 0.29) is 18.1 Å². The summed E-state index contributed by atoms with van der Waals surface area (Å²) in [6.45, 7) is 4.02. The Bertz CT molecular complexity index is 1770. The van der Waals surface area contributed by atoms with Crippen LogP contribution in [0.4, 0.5) is 23.0 Å². The summed E-state index contributed by atoms with van der Waals surface area (Å²) in [5, 5.41) is 22.5. The van der Waals surface area contributed by atoms with E-state index in [1.165, 1.54) is 23.0 Å². The summed E-state index contributed by atoms with van der Waals surface area (Å²) < 4.78 is 1.51. The van der Waals surface area contributed by atoms with Gasteiger partial charge in [0, 0.05) is 62.7 Å². The fraction of sp³-hybridized carbons (Fsp3) is 0.353. The predicted octanol–water partition coefficient (Wildman–Crippen LogP) is 3.91. The summed E-state index contributed by atoms with van der Waals surface area (Å²) in [4.78, 5) is 33.1. The molecule has 2 fully saturated rings. The van der Waals surface area contributed by atoms with Gasteiger partial charge in [0.25, 0.3) is 11.5 Å². The first kappa shape index (κ1) is 28.2. The van der Waals surface area contributed by atoms with E-state index in [2.05, 4.69) is 44.5 Å². The van der Waals surface area contributed by atoms with Gasteiger partial charge in [0.2, 0.25) is 0 Å². The van der Waals surface area contributed by atoms with Crippen molar-refractivity contribution in [3.63, 3.8) is 0 Å². The average molecular weight is 592 g/mol. The summed E-state index contributed by atoms with van der Waals surface area (Å²) in [6, 6.07) is 17.5. The molecule has 1 aliphatic carbocycles. The van der Waals surface area contributed by atoms with Crippen LogP contribution in [0.1, 0.15) is 45.8 Å². The number of aliphatic hydroxyl groups is 1. The van der Waals surface area contributed by atoms with Gasteiger partial charge in [-0.2, -0.15) is 0 Å². The minimum Gasteiger partial charge on any atom is -0.392 e. The van der Waals surface area contributed by atoms with E-state index in [1.807, 2.05) is 36.4 Å².